The lowest BCUT2D eigenvalue weighted by atomic mass is 10.1. The Balaban J connectivity index is 1.50. The number of hydrogen-bond donors (Lipinski definition) is 2. The third-order valence-electron chi connectivity index (χ3n) is 6.97. The van der Waals surface area contributed by atoms with Crippen molar-refractivity contribution in [2.24, 2.45) is 0 Å². The number of nitrogens with zero attached hydrogens (tertiary/aromatic N) is 4. The third-order valence-corrected chi connectivity index (χ3v) is 7.20. The number of ether oxygens (including phenoxy) is 2. The number of fused-ring (bicyclic) bond motifs is 1. The van der Waals surface area contributed by atoms with E-state index in [0.29, 0.717) is 29.4 Å². The Morgan fingerprint density at radius 1 is 1.17 bits per heavy atom. The second kappa shape index (κ2) is 11.5. The van der Waals surface area contributed by atoms with E-state index in [-0.39, 0.29) is 28.9 Å². The first-order valence-electron chi connectivity index (χ1n) is 12.8. The first kappa shape index (κ1) is 29.1. The minimum atomic E-state index is -5.31. The predicted molar refractivity (Wildman–Crippen MR) is 150 cm³/mol. The molecule has 2 aromatic carbocycles. The van der Waals surface area contributed by atoms with Crippen LogP contribution in [-0.2, 0) is 4.79 Å². The van der Waals surface area contributed by atoms with E-state index < -0.39 is 23.8 Å². The molecule has 220 valence electrons. The van der Waals surface area contributed by atoms with Crippen LogP contribution in [0.3, 0.4) is 0 Å². The van der Waals surface area contributed by atoms with Crippen molar-refractivity contribution in [1.29, 1.82) is 0 Å². The number of hydrogen-bond acceptors (Lipinski definition) is 8. The summed E-state index contributed by atoms with van der Waals surface area (Å²) in [5.41, 5.74) is 1.74. The number of H-pyrrole nitrogens is 1. The Bertz CT molecular complexity index is 1660. The van der Waals surface area contributed by atoms with Crippen molar-refractivity contribution in [3.63, 3.8) is 0 Å². The van der Waals surface area contributed by atoms with Gasteiger partial charge in [0.2, 0.25) is 0 Å². The summed E-state index contributed by atoms with van der Waals surface area (Å²) in [6.45, 7) is 1.35. The van der Waals surface area contributed by atoms with Crippen LogP contribution < -0.4 is 14.8 Å². The molecule has 14 heteroatoms. The van der Waals surface area contributed by atoms with Gasteiger partial charge >= 0.3 is 12.1 Å². The van der Waals surface area contributed by atoms with Crippen LogP contribution in [0.1, 0.15) is 16.8 Å². The smallest absolute Gasteiger partial charge is 0.491 e. The van der Waals surface area contributed by atoms with Gasteiger partial charge in [-0.05, 0) is 50.3 Å². The van der Waals surface area contributed by atoms with Crippen molar-refractivity contribution >= 4 is 45.9 Å². The molecule has 1 fully saturated rings. The Hall–Kier alpha value is -4.36. The maximum Gasteiger partial charge on any atom is 0.491 e. The number of carbonyl (C=O) groups excluding carboxylic acids is 2. The van der Waals surface area contributed by atoms with Crippen LogP contribution in [0.25, 0.3) is 22.3 Å². The summed E-state index contributed by atoms with van der Waals surface area (Å²) < 4.78 is 49.9. The first-order valence-corrected chi connectivity index (χ1v) is 13.2. The van der Waals surface area contributed by atoms with Crippen LogP contribution in [0.15, 0.2) is 48.8 Å². The number of halogens is 4. The van der Waals surface area contributed by atoms with E-state index in [1.54, 1.807) is 19.2 Å². The van der Waals surface area contributed by atoms with Crippen molar-refractivity contribution < 1.29 is 32.2 Å². The minimum absolute atomic E-state index is 0.0946. The van der Waals surface area contributed by atoms with Crippen molar-refractivity contribution in [2.75, 3.05) is 39.6 Å². The molecule has 10 nitrogen and oxygen atoms in total. The zero-order valence-electron chi connectivity index (χ0n) is 22.8. The highest BCUT2D eigenvalue weighted by Gasteiger charge is 2.43. The van der Waals surface area contributed by atoms with Crippen molar-refractivity contribution in [1.82, 2.24) is 24.8 Å². The van der Waals surface area contributed by atoms with Gasteiger partial charge in [-0.15, -0.1) is 0 Å². The molecule has 1 aliphatic heterocycles. The number of methoxy groups -OCH3 is 1. The van der Waals surface area contributed by atoms with Gasteiger partial charge in [-0.2, -0.15) is 13.2 Å². The van der Waals surface area contributed by atoms with Crippen LogP contribution in [0.2, 0.25) is 5.02 Å². The zero-order valence-corrected chi connectivity index (χ0v) is 23.5. The molecular weight excluding hydrogens is 577 g/mol. The van der Waals surface area contributed by atoms with Gasteiger partial charge in [0.05, 0.1) is 36.4 Å². The molecule has 5 rings (SSSR count). The summed E-state index contributed by atoms with van der Waals surface area (Å²) in [7, 11) is 4.65. The van der Waals surface area contributed by atoms with E-state index in [2.05, 4.69) is 20.3 Å². The van der Waals surface area contributed by atoms with E-state index in [4.69, 9.17) is 21.1 Å². The monoisotopic (exact) mass is 602 g/mol. The molecule has 3 heterocycles. The molecule has 1 unspecified atom stereocenters. The number of alkyl halides is 3. The summed E-state index contributed by atoms with van der Waals surface area (Å²) in [5.74, 6) is -3.85. The largest absolute Gasteiger partial charge is 0.491 e. The van der Waals surface area contributed by atoms with Crippen LogP contribution in [0.4, 0.5) is 24.7 Å². The average Bonchev–Trinajstić information content (AvgIpc) is 3.58. The van der Waals surface area contributed by atoms with E-state index >= 15 is 0 Å². The van der Waals surface area contributed by atoms with Crippen LogP contribution in [-0.4, -0.2) is 83.1 Å². The maximum atomic E-state index is 13.4. The number of likely N-dealkylation sites (tertiary alicyclic amines) is 1. The summed E-state index contributed by atoms with van der Waals surface area (Å²) in [4.78, 5) is 40.8. The van der Waals surface area contributed by atoms with Gasteiger partial charge in [0.1, 0.15) is 11.5 Å². The van der Waals surface area contributed by atoms with Gasteiger partial charge in [-0.25, -0.2) is 9.78 Å². The number of nitrogens with one attached hydrogen (secondary N) is 2. The molecule has 1 atom stereocenters. The number of aromatic nitrogens is 3. The van der Waals surface area contributed by atoms with E-state index in [1.165, 1.54) is 36.5 Å². The highest BCUT2D eigenvalue weighted by atomic mass is 35.5. The molecular formula is C28H26ClF3N6O4. The molecule has 4 aromatic rings. The fraction of sp³-hybridized carbons (Fsp3) is 0.286. The fourth-order valence-corrected chi connectivity index (χ4v) is 4.97. The molecule has 1 saturated heterocycles. The van der Waals surface area contributed by atoms with Gasteiger partial charge in [0.15, 0.2) is 11.5 Å². The van der Waals surface area contributed by atoms with Crippen molar-refractivity contribution in [3.05, 3.63) is 59.4 Å². The molecule has 0 spiro atoms. The number of carbonyl (C=O) groups is 2. The van der Waals surface area contributed by atoms with E-state index in [0.717, 1.165) is 17.4 Å². The number of aromatic amines is 1. The summed E-state index contributed by atoms with van der Waals surface area (Å²) in [6, 6.07) is 9.80. The minimum Gasteiger partial charge on any atom is -0.491 e. The number of amides is 1. The Morgan fingerprint density at radius 2 is 1.95 bits per heavy atom. The molecule has 2 aromatic heterocycles. The highest BCUT2D eigenvalue weighted by molar-refractivity contribution is 6.31. The Morgan fingerprint density at radius 3 is 2.64 bits per heavy atom. The van der Waals surface area contributed by atoms with E-state index in [1.807, 2.05) is 24.1 Å². The fourth-order valence-electron chi connectivity index (χ4n) is 4.80. The van der Waals surface area contributed by atoms with E-state index in [9.17, 15) is 22.8 Å². The molecule has 1 amide bonds. The van der Waals surface area contributed by atoms with Crippen molar-refractivity contribution in [2.45, 2.75) is 18.6 Å². The molecule has 2 N–H and O–H groups in total. The number of esters is 1. The third kappa shape index (κ3) is 5.97. The normalized spacial score (nSPS) is 15.5. The zero-order chi connectivity index (χ0) is 30.2. The summed E-state index contributed by atoms with van der Waals surface area (Å²) in [6.07, 6.45) is -1.69. The van der Waals surface area contributed by atoms with Crippen LogP contribution >= 0.6 is 11.6 Å². The summed E-state index contributed by atoms with van der Waals surface area (Å²) in [5, 5.41) is 4.42. The first-order chi connectivity index (χ1) is 19.9. The van der Waals surface area contributed by atoms with Crippen molar-refractivity contribution in [3.8, 4) is 22.9 Å². The van der Waals surface area contributed by atoms with Gasteiger partial charge in [-0.3, -0.25) is 9.78 Å². The molecule has 0 bridgehead atoms. The highest BCUT2D eigenvalue weighted by Crippen LogP contribution is 2.41. The summed E-state index contributed by atoms with van der Waals surface area (Å²) >= 11 is 6.08. The second-order valence-electron chi connectivity index (χ2n) is 9.86. The van der Waals surface area contributed by atoms with Gasteiger partial charge in [0, 0.05) is 35.6 Å². The quantitative estimate of drug-likeness (QED) is 0.217. The lowest BCUT2D eigenvalue weighted by Crippen LogP contribution is -2.39. The average molecular weight is 603 g/mol. The molecule has 0 radical (unpaired) electrons. The molecule has 1 aliphatic rings. The molecule has 42 heavy (non-hydrogen) atoms. The van der Waals surface area contributed by atoms with Crippen LogP contribution in [0.5, 0.6) is 11.5 Å². The van der Waals surface area contributed by atoms with Gasteiger partial charge < -0.3 is 29.6 Å². The Labute approximate surface area is 243 Å². The molecule has 0 aliphatic carbocycles. The van der Waals surface area contributed by atoms with Gasteiger partial charge in [-0.1, -0.05) is 17.7 Å². The number of benzene rings is 2. The number of likely N-dealkylation sites (N-methyl/N-ethyl adjacent to an activating group) is 2. The lowest BCUT2D eigenvalue weighted by molar-refractivity contribution is -0.189. The SMILES string of the molecule is COc1c(Nc2cncc(-c3cc4ccc(Cl)cc4[nH]3)n2)ccc(C(=O)N(C)C2CCN(C)C2)c1OC(=O)C(F)(F)F. The standard InChI is InChI=1S/C28H26ClF3N6O4/c1-37-9-8-17(14-37)38(2)26(39)18-6-7-19(25(41-3)24(18)42-27(40)28(30,31)32)35-23-13-33-12-22(36-23)21-10-15-4-5-16(29)11-20(15)34-21/h4-7,10-13,17,34H,8-9,14H2,1-3H3,(H,35,36). The number of anilines is 2. The molecule has 0 saturated carbocycles. The van der Waals surface area contributed by atoms with Gasteiger partial charge in [0.25, 0.3) is 5.91 Å². The predicted octanol–water partition coefficient (Wildman–Crippen LogP) is 5.27. The maximum absolute atomic E-state index is 13.4. The topological polar surface area (TPSA) is 113 Å². The second-order valence-corrected chi connectivity index (χ2v) is 10.3. The lowest BCUT2D eigenvalue weighted by Gasteiger charge is -2.26. The Kier molecular flexibility index (Phi) is 7.97. The number of rotatable bonds is 7. The van der Waals surface area contributed by atoms with Crippen LogP contribution in [0, 0.1) is 0 Å².